The van der Waals surface area contributed by atoms with E-state index >= 15 is 0 Å². The van der Waals surface area contributed by atoms with E-state index in [0.717, 1.165) is 38.8 Å². The van der Waals surface area contributed by atoms with Crippen LogP contribution >= 0.6 is 0 Å². The lowest BCUT2D eigenvalue weighted by Crippen LogP contribution is -2.42. The number of nitrogens with zero attached hydrogens (tertiary/aromatic N) is 1. The maximum atomic E-state index is 12.5. The number of hydrogen-bond donors (Lipinski definition) is 1. The normalized spacial score (nSPS) is 28.4. The van der Waals surface area contributed by atoms with Crippen molar-refractivity contribution in [3.63, 3.8) is 0 Å². The molecule has 0 bridgehead atoms. The van der Waals surface area contributed by atoms with Gasteiger partial charge in [-0.15, -0.1) is 0 Å². The van der Waals surface area contributed by atoms with Gasteiger partial charge in [-0.3, -0.25) is 4.79 Å². The first-order valence-electron chi connectivity index (χ1n) is 7.06. The third-order valence-corrected chi connectivity index (χ3v) is 4.58. The highest BCUT2D eigenvalue weighted by atomic mass is 16.3. The predicted octanol–water partition coefficient (Wildman–Crippen LogP) is 2.19. The van der Waals surface area contributed by atoms with E-state index < -0.39 is 0 Å². The van der Waals surface area contributed by atoms with Crippen molar-refractivity contribution >= 4 is 5.91 Å². The van der Waals surface area contributed by atoms with Crippen molar-refractivity contribution < 1.29 is 9.90 Å². The van der Waals surface area contributed by atoms with Gasteiger partial charge in [0.1, 0.15) is 0 Å². The fourth-order valence-electron chi connectivity index (χ4n) is 3.36. The summed E-state index contributed by atoms with van der Waals surface area (Å²) in [5, 5.41) is 8.95. The molecule has 1 saturated heterocycles. The Labute approximate surface area is 104 Å². The summed E-state index contributed by atoms with van der Waals surface area (Å²) in [5.41, 5.74) is -0.0909. The molecule has 17 heavy (non-hydrogen) atoms. The molecule has 1 N–H and O–H groups in total. The van der Waals surface area contributed by atoms with Crippen LogP contribution < -0.4 is 0 Å². The number of carbonyl (C=O) groups excluding carboxylic acids is 1. The van der Waals surface area contributed by atoms with E-state index in [2.05, 4.69) is 6.92 Å². The molecule has 2 aliphatic rings. The lowest BCUT2D eigenvalue weighted by atomic mass is 9.74. The molecular formula is C14H25NO2. The number of hydrogen-bond acceptors (Lipinski definition) is 2. The maximum Gasteiger partial charge on any atom is 0.228 e. The summed E-state index contributed by atoms with van der Waals surface area (Å²) < 4.78 is 0. The molecular weight excluding hydrogens is 214 g/mol. The Morgan fingerprint density at radius 1 is 1.35 bits per heavy atom. The fraction of sp³-hybridized carbons (Fsp3) is 0.929. The molecule has 0 aromatic rings. The molecule has 1 aliphatic carbocycles. The number of amides is 1. The van der Waals surface area contributed by atoms with Gasteiger partial charge in [0, 0.05) is 25.1 Å². The Morgan fingerprint density at radius 2 is 2.06 bits per heavy atom. The zero-order valence-electron chi connectivity index (χ0n) is 11.0. The first kappa shape index (κ1) is 12.9. The average Bonchev–Trinajstić information content (AvgIpc) is 2.78. The lowest BCUT2D eigenvalue weighted by molar-refractivity contribution is -0.142. The molecule has 3 nitrogen and oxygen atoms in total. The van der Waals surface area contributed by atoms with Crippen molar-refractivity contribution in [2.75, 3.05) is 19.7 Å². The number of aliphatic hydroxyl groups excluding tert-OH is 1. The molecule has 3 heteroatoms. The summed E-state index contributed by atoms with van der Waals surface area (Å²) in [6, 6.07) is 0. The van der Waals surface area contributed by atoms with E-state index in [1.54, 1.807) is 0 Å². The van der Waals surface area contributed by atoms with Crippen LogP contribution in [0.4, 0.5) is 0 Å². The van der Waals surface area contributed by atoms with Gasteiger partial charge < -0.3 is 10.0 Å². The average molecular weight is 239 g/mol. The highest BCUT2D eigenvalue weighted by Crippen LogP contribution is 2.38. The molecule has 1 saturated carbocycles. The van der Waals surface area contributed by atoms with Crippen LogP contribution in [0.1, 0.15) is 51.9 Å². The molecule has 0 aromatic carbocycles. The Morgan fingerprint density at radius 3 is 2.71 bits per heavy atom. The molecule has 1 aliphatic heterocycles. The largest absolute Gasteiger partial charge is 0.396 e. The van der Waals surface area contributed by atoms with E-state index in [9.17, 15) is 4.79 Å². The minimum atomic E-state index is -0.0909. The fourth-order valence-corrected chi connectivity index (χ4v) is 3.36. The van der Waals surface area contributed by atoms with Crippen molar-refractivity contribution in [3.05, 3.63) is 0 Å². The second-order valence-corrected chi connectivity index (χ2v) is 6.04. The Kier molecular flexibility index (Phi) is 4.08. The number of likely N-dealkylation sites (tertiary alicyclic amines) is 1. The molecule has 0 spiro atoms. The monoisotopic (exact) mass is 239 g/mol. The van der Waals surface area contributed by atoms with Crippen molar-refractivity contribution in [3.8, 4) is 0 Å². The smallest absolute Gasteiger partial charge is 0.228 e. The number of carbonyl (C=O) groups is 1. The SMILES string of the molecule is CC1(C(=O)N2CCC(CCO)C2)CCCCC1. The van der Waals surface area contributed by atoms with Crippen LogP contribution in [-0.2, 0) is 4.79 Å². The molecule has 2 rings (SSSR count). The summed E-state index contributed by atoms with van der Waals surface area (Å²) >= 11 is 0. The lowest BCUT2D eigenvalue weighted by Gasteiger charge is -2.35. The van der Waals surface area contributed by atoms with Crippen LogP contribution in [0, 0.1) is 11.3 Å². The molecule has 1 atom stereocenters. The Balaban J connectivity index is 1.91. The first-order chi connectivity index (χ1) is 8.15. The van der Waals surface area contributed by atoms with Crippen LogP contribution in [-0.4, -0.2) is 35.6 Å². The highest BCUT2D eigenvalue weighted by Gasteiger charge is 2.39. The highest BCUT2D eigenvalue weighted by molar-refractivity contribution is 5.82. The summed E-state index contributed by atoms with van der Waals surface area (Å²) in [7, 11) is 0. The van der Waals surface area contributed by atoms with Crippen molar-refractivity contribution in [2.24, 2.45) is 11.3 Å². The van der Waals surface area contributed by atoms with E-state index in [1.165, 1.54) is 19.3 Å². The molecule has 2 fully saturated rings. The van der Waals surface area contributed by atoms with E-state index in [4.69, 9.17) is 5.11 Å². The zero-order chi connectivity index (χ0) is 12.3. The van der Waals surface area contributed by atoms with E-state index in [0.29, 0.717) is 11.8 Å². The van der Waals surface area contributed by atoms with E-state index in [1.807, 2.05) is 4.90 Å². The van der Waals surface area contributed by atoms with Crippen LogP contribution in [0.25, 0.3) is 0 Å². The first-order valence-corrected chi connectivity index (χ1v) is 7.06. The number of rotatable bonds is 3. The van der Waals surface area contributed by atoms with Gasteiger partial charge in [0.15, 0.2) is 0 Å². The van der Waals surface area contributed by atoms with Gasteiger partial charge in [0.25, 0.3) is 0 Å². The molecule has 1 heterocycles. The minimum Gasteiger partial charge on any atom is -0.396 e. The van der Waals surface area contributed by atoms with Crippen LogP contribution in [0.2, 0.25) is 0 Å². The topological polar surface area (TPSA) is 40.5 Å². The van der Waals surface area contributed by atoms with E-state index in [-0.39, 0.29) is 12.0 Å². The molecule has 1 unspecified atom stereocenters. The van der Waals surface area contributed by atoms with Gasteiger partial charge >= 0.3 is 0 Å². The number of aliphatic hydroxyl groups is 1. The van der Waals surface area contributed by atoms with Crippen LogP contribution in [0.3, 0.4) is 0 Å². The van der Waals surface area contributed by atoms with Crippen molar-refractivity contribution in [1.29, 1.82) is 0 Å². The summed E-state index contributed by atoms with van der Waals surface area (Å²) in [4.78, 5) is 14.6. The van der Waals surface area contributed by atoms with Gasteiger partial charge in [0.2, 0.25) is 5.91 Å². The standard InChI is InChI=1S/C14H25NO2/c1-14(7-3-2-4-8-14)13(17)15-9-5-12(11-15)6-10-16/h12,16H,2-11H2,1H3. The van der Waals surface area contributed by atoms with Gasteiger partial charge in [-0.05, 0) is 31.6 Å². The van der Waals surface area contributed by atoms with Crippen LogP contribution in [0.15, 0.2) is 0 Å². The minimum absolute atomic E-state index is 0.0909. The van der Waals surface area contributed by atoms with Gasteiger partial charge in [0.05, 0.1) is 0 Å². The summed E-state index contributed by atoms with van der Waals surface area (Å²) in [6.07, 6.45) is 7.74. The Bertz CT molecular complexity index is 271. The zero-order valence-corrected chi connectivity index (χ0v) is 11.0. The van der Waals surface area contributed by atoms with Gasteiger partial charge in [-0.1, -0.05) is 26.2 Å². The molecule has 0 radical (unpaired) electrons. The predicted molar refractivity (Wildman–Crippen MR) is 67.6 cm³/mol. The second kappa shape index (κ2) is 5.38. The summed E-state index contributed by atoms with van der Waals surface area (Å²) in [6.45, 7) is 4.17. The second-order valence-electron chi connectivity index (χ2n) is 6.04. The van der Waals surface area contributed by atoms with Gasteiger partial charge in [-0.25, -0.2) is 0 Å². The maximum absolute atomic E-state index is 12.5. The molecule has 98 valence electrons. The van der Waals surface area contributed by atoms with Gasteiger partial charge in [-0.2, -0.15) is 0 Å². The summed E-state index contributed by atoms with van der Waals surface area (Å²) in [5.74, 6) is 0.897. The Hall–Kier alpha value is -0.570. The third kappa shape index (κ3) is 2.82. The quantitative estimate of drug-likeness (QED) is 0.820. The molecule has 0 aromatic heterocycles. The third-order valence-electron chi connectivity index (χ3n) is 4.58. The van der Waals surface area contributed by atoms with Crippen molar-refractivity contribution in [2.45, 2.75) is 51.9 Å². The molecule has 1 amide bonds. The van der Waals surface area contributed by atoms with Crippen molar-refractivity contribution in [1.82, 2.24) is 4.90 Å². The van der Waals surface area contributed by atoms with Crippen LogP contribution in [0.5, 0.6) is 0 Å².